The predicted octanol–water partition coefficient (Wildman–Crippen LogP) is 3.42. The molecule has 0 unspecified atom stereocenters. The number of benzene rings is 2. The van der Waals surface area contributed by atoms with Gasteiger partial charge in [-0.3, -0.25) is 14.2 Å². The van der Waals surface area contributed by atoms with Crippen molar-refractivity contribution in [2.24, 2.45) is 0 Å². The SMILES string of the molecule is COc1ccc(N(C)C(=O)c2ccc3c(=O)n4c(nc3c2)CCCCC4)c(OC)c1. The molecule has 0 aliphatic carbocycles. The van der Waals surface area contributed by atoms with Crippen molar-refractivity contribution in [2.45, 2.75) is 32.2 Å². The van der Waals surface area contributed by atoms with Gasteiger partial charge in [0.2, 0.25) is 0 Å². The molecule has 0 fully saturated rings. The summed E-state index contributed by atoms with van der Waals surface area (Å²) in [5, 5.41) is 0.543. The monoisotopic (exact) mass is 407 g/mol. The number of hydrogen-bond acceptors (Lipinski definition) is 5. The number of ether oxygens (including phenoxy) is 2. The first kappa shape index (κ1) is 19.9. The number of aryl methyl sites for hydroxylation is 1. The number of carbonyl (C=O) groups is 1. The number of carbonyl (C=O) groups excluding carboxylic acids is 1. The van der Waals surface area contributed by atoms with Crippen molar-refractivity contribution in [3.63, 3.8) is 0 Å². The van der Waals surface area contributed by atoms with Crippen molar-refractivity contribution in [2.75, 3.05) is 26.2 Å². The molecular formula is C23H25N3O4. The van der Waals surface area contributed by atoms with Crippen LogP contribution in [0.25, 0.3) is 10.9 Å². The predicted molar refractivity (Wildman–Crippen MR) is 116 cm³/mol. The summed E-state index contributed by atoms with van der Waals surface area (Å²) in [7, 11) is 4.82. The first-order chi connectivity index (χ1) is 14.5. The van der Waals surface area contributed by atoms with Gasteiger partial charge in [-0.05, 0) is 43.2 Å². The molecule has 2 heterocycles. The van der Waals surface area contributed by atoms with E-state index in [1.165, 1.54) is 4.90 Å². The fraction of sp³-hybridized carbons (Fsp3) is 0.348. The lowest BCUT2D eigenvalue weighted by Gasteiger charge is -2.21. The Kier molecular flexibility index (Phi) is 5.44. The summed E-state index contributed by atoms with van der Waals surface area (Å²) in [6.45, 7) is 0.706. The van der Waals surface area contributed by atoms with E-state index in [0.29, 0.717) is 40.2 Å². The van der Waals surface area contributed by atoms with E-state index >= 15 is 0 Å². The van der Waals surface area contributed by atoms with Gasteiger partial charge in [-0.2, -0.15) is 0 Å². The van der Waals surface area contributed by atoms with E-state index in [0.717, 1.165) is 31.5 Å². The third kappa shape index (κ3) is 3.51. The lowest BCUT2D eigenvalue weighted by Crippen LogP contribution is -2.27. The number of nitrogens with zero attached hydrogens (tertiary/aromatic N) is 3. The lowest BCUT2D eigenvalue weighted by molar-refractivity contribution is 0.0992. The van der Waals surface area contributed by atoms with E-state index in [1.54, 1.807) is 62.2 Å². The Morgan fingerprint density at radius 1 is 1.07 bits per heavy atom. The zero-order chi connectivity index (χ0) is 21.3. The van der Waals surface area contributed by atoms with Crippen molar-refractivity contribution >= 4 is 22.5 Å². The number of amides is 1. The van der Waals surface area contributed by atoms with Gasteiger partial charge in [-0.1, -0.05) is 6.42 Å². The molecule has 4 rings (SSSR count). The zero-order valence-electron chi connectivity index (χ0n) is 17.5. The largest absolute Gasteiger partial charge is 0.497 e. The molecule has 1 aliphatic rings. The molecule has 0 atom stereocenters. The highest BCUT2D eigenvalue weighted by Crippen LogP contribution is 2.32. The van der Waals surface area contributed by atoms with Crippen LogP contribution in [0.15, 0.2) is 41.2 Å². The average Bonchev–Trinajstić information content (AvgIpc) is 3.03. The van der Waals surface area contributed by atoms with Crippen molar-refractivity contribution in [3.8, 4) is 11.5 Å². The minimum absolute atomic E-state index is 0.0268. The molecule has 7 heteroatoms. The molecule has 2 aromatic carbocycles. The topological polar surface area (TPSA) is 73.7 Å². The first-order valence-corrected chi connectivity index (χ1v) is 10.1. The average molecular weight is 407 g/mol. The van der Waals surface area contributed by atoms with Crippen LogP contribution in [0.5, 0.6) is 11.5 Å². The summed E-state index contributed by atoms with van der Waals surface area (Å²) in [4.78, 5) is 32.3. The van der Waals surface area contributed by atoms with E-state index < -0.39 is 0 Å². The Labute approximate surface area is 174 Å². The van der Waals surface area contributed by atoms with Crippen molar-refractivity contribution < 1.29 is 14.3 Å². The molecule has 1 aromatic heterocycles. The maximum absolute atomic E-state index is 13.2. The van der Waals surface area contributed by atoms with Gasteiger partial charge in [0.05, 0.1) is 30.8 Å². The van der Waals surface area contributed by atoms with Crippen LogP contribution in [-0.4, -0.2) is 36.7 Å². The first-order valence-electron chi connectivity index (χ1n) is 10.1. The van der Waals surface area contributed by atoms with Crippen LogP contribution in [0.4, 0.5) is 5.69 Å². The van der Waals surface area contributed by atoms with Gasteiger partial charge in [0.25, 0.3) is 11.5 Å². The van der Waals surface area contributed by atoms with E-state index in [2.05, 4.69) is 0 Å². The number of rotatable bonds is 4. The maximum Gasteiger partial charge on any atom is 0.261 e. The molecule has 0 bridgehead atoms. The summed E-state index contributed by atoms with van der Waals surface area (Å²) in [6, 6.07) is 10.4. The number of fused-ring (bicyclic) bond motifs is 2. The fourth-order valence-corrected chi connectivity index (χ4v) is 3.92. The Hall–Kier alpha value is -3.35. The van der Waals surface area contributed by atoms with Crippen LogP contribution in [0.3, 0.4) is 0 Å². The fourth-order valence-electron chi connectivity index (χ4n) is 3.92. The second kappa shape index (κ2) is 8.18. The quantitative estimate of drug-likeness (QED) is 0.663. The smallest absolute Gasteiger partial charge is 0.261 e. The van der Waals surface area contributed by atoms with Gasteiger partial charge in [0, 0.05) is 31.6 Å². The minimum Gasteiger partial charge on any atom is -0.497 e. The minimum atomic E-state index is -0.211. The molecular weight excluding hydrogens is 382 g/mol. The standard InChI is InChI=1S/C23H25N3O4/c1-25(19-11-9-16(29-2)14-20(19)30-3)22(27)15-8-10-17-18(13-15)24-21-7-5-4-6-12-26(21)23(17)28/h8-11,13-14H,4-7,12H2,1-3H3. The molecule has 156 valence electrons. The van der Waals surface area contributed by atoms with E-state index in [-0.39, 0.29) is 11.5 Å². The molecule has 1 amide bonds. The summed E-state index contributed by atoms with van der Waals surface area (Å²) >= 11 is 0. The maximum atomic E-state index is 13.2. The molecule has 0 radical (unpaired) electrons. The van der Waals surface area contributed by atoms with Gasteiger partial charge in [0.15, 0.2) is 0 Å². The van der Waals surface area contributed by atoms with E-state index in [1.807, 2.05) is 0 Å². The van der Waals surface area contributed by atoms with Crippen molar-refractivity contribution in [1.82, 2.24) is 9.55 Å². The van der Waals surface area contributed by atoms with Crippen LogP contribution in [0.1, 0.15) is 35.4 Å². The normalized spacial score (nSPS) is 13.4. The third-order valence-electron chi connectivity index (χ3n) is 5.62. The van der Waals surface area contributed by atoms with Crippen LogP contribution in [0.2, 0.25) is 0 Å². The van der Waals surface area contributed by atoms with Gasteiger partial charge >= 0.3 is 0 Å². The third-order valence-corrected chi connectivity index (χ3v) is 5.62. The number of anilines is 1. The summed E-state index contributed by atoms with van der Waals surface area (Å²) in [5.41, 5.74) is 1.63. The molecule has 7 nitrogen and oxygen atoms in total. The van der Waals surface area contributed by atoms with Gasteiger partial charge < -0.3 is 14.4 Å². The molecule has 0 N–H and O–H groups in total. The Morgan fingerprint density at radius 2 is 1.90 bits per heavy atom. The van der Waals surface area contributed by atoms with Crippen LogP contribution >= 0.6 is 0 Å². The summed E-state index contributed by atoms with van der Waals surface area (Å²) in [6.07, 6.45) is 3.89. The van der Waals surface area contributed by atoms with E-state index in [9.17, 15) is 9.59 Å². The van der Waals surface area contributed by atoms with Crippen LogP contribution < -0.4 is 19.9 Å². The van der Waals surface area contributed by atoms with Gasteiger partial charge in [0.1, 0.15) is 17.3 Å². The van der Waals surface area contributed by atoms with Crippen LogP contribution in [0, 0.1) is 0 Å². The summed E-state index contributed by atoms with van der Waals surface area (Å²) in [5.74, 6) is 1.78. The highest BCUT2D eigenvalue weighted by molar-refractivity contribution is 6.08. The highest BCUT2D eigenvalue weighted by atomic mass is 16.5. The zero-order valence-corrected chi connectivity index (χ0v) is 17.5. The highest BCUT2D eigenvalue weighted by Gasteiger charge is 2.20. The second-order valence-corrected chi connectivity index (χ2v) is 7.43. The van der Waals surface area contributed by atoms with E-state index in [4.69, 9.17) is 14.5 Å². The number of hydrogen-bond donors (Lipinski definition) is 0. The molecule has 0 saturated carbocycles. The number of aromatic nitrogens is 2. The molecule has 0 saturated heterocycles. The van der Waals surface area contributed by atoms with Crippen molar-refractivity contribution in [1.29, 1.82) is 0 Å². The van der Waals surface area contributed by atoms with Gasteiger partial charge in [-0.15, -0.1) is 0 Å². The second-order valence-electron chi connectivity index (χ2n) is 7.43. The molecule has 0 spiro atoms. The lowest BCUT2D eigenvalue weighted by atomic mass is 10.1. The van der Waals surface area contributed by atoms with Gasteiger partial charge in [-0.25, -0.2) is 4.98 Å². The Balaban J connectivity index is 1.72. The molecule has 3 aromatic rings. The summed E-state index contributed by atoms with van der Waals surface area (Å²) < 4.78 is 12.4. The van der Waals surface area contributed by atoms with Crippen LogP contribution in [-0.2, 0) is 13.0 Å². The Bertz CT molecular complexity index is 1170. The number of methoxy groups -OCH3 is 2. The van der Waals surface area contributed by atoms with Crippen molar-refractivity contribution in [3.05, 3.63) is 58.1 Å². The molecule has 1 aliphatic heterocycles. The molecule has 30 heavy (non-hydrogen) atoms. The Morgan fingerprint density at radius 3 is 2.67 bits per heavy atom.